The Morgan fingerprint density at radius 1 is 0.913 bits per heavy atom. The summed E-state index contributed by atoms with van der Waals surface area (Å²) in [4.78, 5) is 12.9. The quantitative estimate of drug-likeness (QED) is 0.860. The second kappa shape index (κ2) is 6.16. The molecule has 0 atom stereocenters. The average Bonchev–Trinajstić information content (AvgIpc) is 2.49. The van der Waals surface area contributed by atoms with E-state index in [1.54, 1.807) is 63.2 Å². The molecule has 23 heavy (non-hydrogen) atoms. The Labute approximate surface area is 137 Å². The Morgan fingerprint density at radius 3 is 1.91 bits per heavy atom. The van der Waals surface area contributed by atoms with Gasteiger partial charge in [0.2, 0.25) is 5.91 Å². The highest BCUT2D eigenvalue weighted by Crippen LogP contribution is 2.29. The lowest BCUT2D eigenvalue weighted by atomic mass is 9.95. The maximum absolute atomic E-state index is 13.0. The lowest BCUT2D eigenvalue weighted by molar-refractivity contribution is -0.124. The van der Waals surface area contributed by atoms with E-state index in [4.69, 9.17) is 0 Å². The van der Waals surface area contributed by atoms with E-state index in [0.29, 0.717) is 5.69 Å². The van der Waals surface area contributed by atoms with E-state index in [1.807, 2.05) is 6.92 Å². The molecule has 2 rings (SSSR count). The average molecular weight is 331 g/mol. The van der Waals surface area contributed by atoms with Crippen LogP contribution in [0.1, 0.15) is 26.3 Å². The van der Waals surface area contributed by atoms with Crippen LogP contribution >= 0.6 is 0 Å². The van der Waals surface area contributed by atoms with E-state index >= 15 is 0 Å². The van der Waals surface area contributed by atoms with Gasteiger partial charge < -0.3 is 0 Å². The molecule has 1 amide bonds. The summed E-state index contributed by atoms with van der Waals surface area (Å²) in [7, 11) is -3.97. The van der Waals surface area contributed by atoms with Gasteiger partial charge >= 0.3 is 0 Å². The summed E-state index contributed by atoms with van der Waals surface area (Å²) in [5, 5.41) is 0. The Bertz CT molecular complexity index is 788. The number of carbonyl (C=O) groups is 1. The summed E-state index contributed by atoms with van der Waals surface area (Å²) in [6.45, 7) is 7.02. The summed E-state index contributed by atoms with van der Waals surface area (Å²) in [5.41, 5.74) is 0.514. The van der Waals surface area contributed by atoms with Gasteiger partial charge in [0.1, 0.15) is 0 Å². The number of anilines is 1. The second-order valence-electron chi connectivity index (χ2n) is 6.47. The molecule has 2 aromatic carbocycles. The zero-order chi connectivity index (χ0) is 17.3. The predicted octanol–water partition coefficient (Wildman–Crippen LogP) is 3.76. The molecule has 5 heteroatoms. The number of aryl methyl sites for hydroxylation is 1. The third kappa shape index (κ3) is 3.62. The molecule has 122 valence electrons. The first-order chi connectivity index (χ1) is 10.6. The maximum atomic E-state index is 13.0. The van der Waals surface area contributed by atoms with Gasteiger partial charge in [-0.05, 0) is 31.2 Å². The Kier molecular flexibility index (Phi) is 4.61. The van der Waals surface area contributed by atoms with Crippen LogP contribution in [0.15, 0.2) is 59.5 Å². The molecule has 0 N–H and O–H groups in total. The van der Waals surface area contributed by atoms with E-state index in [9.17, 15) is 13.2 Å². The number of hydrogen-bond donors (Lipinski definition) is 0. The molecule has 0 aliphatic carbocycles. The largest absolute Gasteiger partial charge is 0.273 e. The lowest BCUT2D eigenvalue weighted by Gasteiger charge is -2.29. The fourth-order valence-electron chi connectivity index (χ4n) is 2.05. The van der Waals surface area contributed by atoms with Crippen molar-refractivity contribution in [3.63, 3.8) is 0 Å². The summed E-state index contributed by atoms with van der Waals surface area (Å²) in [6.07, 6.45) is 0. The van der Waals surface area contributed by atoms with Crippen molar-refractivity contribution in [3.05, 3.63) is 60.2 Å². The van der Waals surface area contributed by atoms with Gasteiger partial charge in [-0.25, -0.2) is 12.7 Å². The minimum absolute atomic E-state index is 0.0955. The molecule has 2 aromatic rings. The van der Waals surface area contributed by atoms with E-state index in [1.165, 1.54) is 12.1 Å². The Hall–Kier alpha value is -2.14. The number of hydrogen-bond acceptors (Lipinski definition) is 3. The first-order valence-corrected chi connectivity index (χ1v) is 8.79. The van der Waals surface area contributed by atoms with Gasteiger partial charge in [0.15, 0.2) is 0 Å². The molecule has 0 unspecified atom stereocenters. The first kappa shape index (κ1) is 17.2. The molecule has 0 saturated heterocycles. The van der Waals surface area contributed by atoms with E-state index in [0.717, 1.165) is 9.87 Å². The monoisotopic (exact) mass is 331 g/mol. The van der Waals surface area contributed by atoms with Gasteiger partial charge in [-0.3, -0.25) is 4.79 Å². The molecular formula is C18H21NO3S. The standard InChI is InChI=1S/C18H21NO3S/c1-14-10-12-15(13-11-14)19(17(20)18(2,3)4)23(21,22)16-8-6-5-7-9-16/h5-13H,1-4H3. The van der Waals surface area contributed by atoms with Crippen LogP contribution in [-0.2, 0) is 14.8 Å². The zero-order valence-corrected chi connectivity index (χ0v) is 14.6. The van der Waals surface area contributed by atoms with E-state index in [-0.39, 0.29) is 4.90 Å². The SMILES string of the molecule is Cc1ccc(N(C(=O)C(C)(C)C)S(=O)(=O)c2ccccc2)cc1. The van der Waals surface area contributed by atoms with Crippen molar-refractivity contribution in [3.8, 4) is 0 Å². The van der Waals surface area contributed by atoms with Crippen molar-refractivity contribution >= 4 is 21.6 Å². The van der Waals surface area contributed by atoms with Gasteiger partial charge in [0.05, 0.1) is 10.6 Å². The smallest absolute Gasteiger partial charge is 0.270 e. The highest BCUT2D eigenvalue weighted by molar-refractivity contribution is 7.93. The van der Waals surface area contributed by atoms with Crippen LogP contribution in [0.5, 0.6) is 0 Å². The van der Waals surface area contributed by atoms with Crippen LogP contribution in [0.4, 0.5) is 5.69 Å². The van der Waals surface area contributed by atoms with Gasteiger partial charge in [0, 0.05) is 5.41 Å². The van der Waals surface area contributed by atoms with Crippen LogP contribution in [-0.4, -0.2) is 14.3 Å². The molecule has 0 fully saturated rings. The van der Waals surface area contributed by atoms with Crippen molar-refractivity contribution in [1.29, 1.82) is 0 Å². The topological polar surface area (TPSA) is 54.5 Å². The summed E-state index contributed by atoms with van der Waals surface area (Å²) >= 11 is 0. The number of benzene rings is 2. The van der Waals surface area contributed by atoms with Gasteiger partial charge in [0.25, 0.3) is 10.0 Å². The van der Waals surface area contributed by atoms with Crippen molar-refractivity contribution in [2.24, 2.45) is 5.41 Å². The van der Waals surface area contributed by atoms with Crippen molar-refractivity contribution in [2.45, 2.75) is 32.6 Å². The van der Waals surface area contributed by atoms with Gasteiger partial charge in [-0.2, -0.15) is 0 Å². The number of sulfonamides is 1. The van der Waals surface area contributed by atoms with Crippen LogP contribution in [0, 0.1) is 12.3 Å². The summed E-state index contributed by atoms with van der Waals surface area (Å²) < 4.78 is 26.9. The molecule has 0 bridgehead atoms. The molecular weight excluding hydrogens is 310 g/mol. The molecule has 0 aliphatic heterocycles. The van der Waals surface area contributed by atoms with Crippen LogP contribution in [0.2, 0.25) is 0 Å². The fourth-order valence-corrected chi connectivity index (χ4v) is 3.65. The van der Waals surface area contributed by atoms with E-state index < -0.39 is 21.3 Å². The normalized spacial score (nSPS) is 12.0. The third-order valence-corrected chi connectivity index (χ3v) is 5.10. The third-order valence-electron chi connectivity index (χ3n) is 3.38. The number of rotatable bonds is 3. The molecule has 0 saturated carbocycles. The summed E-state index contributed by atoms with van der Waals surface area (Å²) in [5.74, 6) is -0.467. The predicted molar refractivity (Wildman–Crippen MR) is 91.7 cm³/mol. The number of nitrogens with zero attached hydrogens (tertiary/aromatic N) is 1. The second-order valence-corrected chi connectivity index (χ2v) is 8.26. The highest BCUT2D eigenvalue weighted by atomic mass is 32.2. The fraction of sp³-hybridized carbons (Fsp3) is 0.278. The van der Waals surface area contributed by atoms with Crippen molar-refractivity contribution in [2.75, 3.05) is 4.31 Å². The summed E-state index contributed by atoms with van der Waals surface area (Å²) in [6, 6.07) is 14.9. The molecule has 0 aliphatic rings. The molecule has 0 spiro atoms. The zero-order valence-electron chi connectivity index (χ0n) is 13.8. The minimum atomic E-state index is -3.97. The molecule has 0 radical (unpaired) electrons. The van der Waals surface area contributed by atoms with Crippen LogP contribution in [0.3, 0.4) is 0 Å². The van der Waals surface area contributed by atoms with Gasteiger partial charge in [-0.1, -0.05) is 56.7 Å². The van der Waals surface area contributed by atoms with Crippen LogP contribution in [0.25, 0.3) is 0 Å². The van der Waals surface area contributed by atoms with E-state index in [2.05, 4.69) is 0 Å². The van der Waals surface area contributed by atoms with Crippen molar-refractivity contribution < 1.29 is 13.2 Å². The van der Waals surface area contributed by atoms with Gasteiger partial charge in [-0.15, -0.1) is 0 Å². The van der Waals surface area contributed by atoms with Crippen LogP contribution < -0.4 is 4.31 Å². The minimum Gasteiger partial charge on any atom is -0.273 e. The molecule has 0 heterocycles. The Morgan fingerprint density at radius 2 is 1.43 bits per heavy atom. The molecule has 4 nitrogen and oxygen atoms in total. The highest BCUT2D eigenvalue weighted by Gasteiger charge is 2.37. The molecule has 0 aromatic heterocycles. The first-order valence-electron chi connectivity index (χ1n) is 7.35. The lowest BCUT2D eigenvalue weighted by Crippen LogP contribution is -2.43. The Balaban J connectivity index is 2.63. The number of carbonyl (C=O) groups excluding carboxylic acids is 1. The maximum Gasteiger partial charge on any atom is 0.270 e. The van der Waals surface area contributed by atoms with Crippen molar-refractivity contribution in [1.82, 2.24) is 0 Å². The number of amides is 1.